The number of phosphoric ester groups is 1. The van der Waals surface area contributed by atoms with Crippen LogP contribution in [0.2, 0.25) is 0 Å². The Morgan fingerprint density at radius 2 is 1.61 bits per heavy atom. The van der Waals surface area contributed by atoms with Gasteiger partial charge in [-0.25, -0.2) is 23.3 Å². The third-order valence-corrected chi connectivity index (χ3v) is 12.4. The number of rotatable bonds is 18. The van der Waals surface area contributed by atoms with E-state index in [-0.39, 0.29) is 0 Å². The fourth-order valence-corrected chi connectivity index (χ4v) is 9.07. The molecule has 3 rings (SSSR count). The lowest BCUT2D eigenvalue weighted by Crippen LogP contribution is -2.60. The maximum Gasteiger partial charge on any atom is 0.481 e. The molecule has 10 atom stereocenters. The predicted octanol–water partition coefficient (Wildman–Crippen LogP) is 0.182. The van der Waals surface area contributed by atoms with Crippen molar-refractivity contribution >= 4 is 35.1 Å². The van der Waals surface area contributed by atoms with Crippen molar-refractivity contribution in [1.29, 1.82) is 0 Å². The Balaban J connectivity index is 0.000000990. The van der Waals surface area contributed by atoms with E-state index in [0.29, 0.717) is 4.57 Å². The largest absolute Gasteiger partial charge is 0.481 e. The minimum Gasteiger partial charge on any atom is -0.457 e. The van der Waals surface area contributed by atoms with E-state index in [1.54, 1.807) is 0 Å². The third-order valence-electron chi connectivity index (χ3n) is 7.64. The van der Waals surface area contributed by atoms with E-state index >= 15 is 0 Å². The van der Waals surface area contributed by atoms with Gasteiger partial charge in [-0.15, -0.1) is 0 Å². The molecule has 2 aliphatic rings. The summed E-state index contributed by atoms with van der Waals surface area (Å²) in [6.45, 7) is 4.77. The minimum atomic E-state index is -5.66. The van der Waals surface area contributed by atoms with Crippen molar-refractivity contribution in [3.8, 4) is 0 Å². The minimum absolute atomic E-state index is 0.612. The number of ether oxygens (including phenoxy) is 4. The molecule has 0 aromatic carbocycles. The Labute approximate surface area is 310 Å². The molecule has 0 bridgehead atoms. The number of hydrogen-bond donors (Lipinski definition) is 6. The highest BCUT2D eigenvalue weighted by molar-refractivity contribution is 7.64. The summed E-state index contributed by atoms with van der Waals surface area (Å²) in [6, 6.07) is -0.382. The smallest absolute Gasteiger partial charge is 0.457 e. The summed E-state index contributed by atoms with van der Waals surface area (Å²) in [5.74, 6) is -1.97. The number of carbonyl (C=O) groups is 2. The number of carbonyl (C=O) groups excluding carboxylic acids is 2. The number of nitrogens with one attached hydrogen (secondary N) is 2. The number of unbranched alkanes of at least 4 members (excludes halogenated alkanes) is 3. The molecule has 0 saturated carbocycles. The van der Waals surface area contributed by atoms with Gasteiger partial charge in [0.05, 0.1) is 18.8 Å². The molecule has 3 heterocycles. The second-order valence-corrected chi connectivity index (χ2v) is 17.8. The highest BCUT2D eigenvalue weighted by Gasteiger charge is 2.52. The van der Waals surface area contributed by atoms with E-state index in [2.05, 4.69) is 35.3 Å². The quantitative estimate of drug-likeness (QED) is 0.0652. The molecule has 2 aliphatic heterocycles. The van der Waals surface area contributed by atoms with Crippen LogP contribution in [0.5, 0.6) is 0 Å². The zero-order chi connectivity index (χ0) is 41.0. The van der Waals surface area contributed by atoms with Gasteiger partial charge in [0.2, 0.25) is 6.29 Å². The Hall–Kier alpha value is -2.17. The van der Waals surface area contributed by atoms with Gasteiger partial charge in [0.25, 0.3) is 5.56 Å². The van der Waals surface area contributed by atoms with Gasteiger partial charge in [-0.2, -0.15) is 0 Å². The topological polar surface area (TPSA) is 310 Å². The lowest BCUT2D eigenvalue weighted by molar-refractivity contribution is -0.239. The predicted molar refractivity (Wildman–Crippen MR) is 186 cm³/mol. The summed E-state index contributed by atoms with van der Waals surface area (Å²) in [5, 5.41) is 23.1. The first-order valence-corrected chi connectivity index (χ1v) is 21.3. The molecule has 0 spiro atoms. The van der Waals surface area contributed by atoms with Crippen LogP contribution in [0.3, 0.4) is 0 Å². The van der Waals surface area contributed by atoms with Gasteiger partial charge in [0.15, 0.2) is 18.4 Å². The van der Waals surface area contributed by atoms with Crippen molar-refractivity contribution in [2.45, 2.75) is 95.5 Å². The Morgan fingerprint density at radius 1 is 1.00 bits per heavy atom. The second-order valence-electron chi connectivity index (χ2n) is 12.4. The number of phosphoric acid groups is 1. The van der Waals surface area contributed by atoms with Crippen LogP contribution in [0.25, 0.3) is 0 Å². The van der Waals surface area contributed by atoms with E-state index in [1.165, 1.54) is 32.2 Å². The van der Waals surface area contributed by atoms with Crippen LogP contribution < -0.4 is 16.3 Å². The molecule has 23 nitrogen and oxygen atoms in total. The van der Waals surface area contributed by atoms with Crippen LogP contribution >= 0.6 is 23.2 Å². The zero-order valence-corrected chi connectivity index (χ0v) is 33.6. The van der Waals surface area contributed by atoms with Gasteiger partial charge < -0.3 is 52.9 Å². The third kappa shape index (κ3) is 15.1. The van der Waals surface area contributed by atoms with Crippen LogP contribution in [-0.4, -0.2) is 137 Å². The summed E-state index contributed by atoms with van der Waals surface area (Å²) >= 11 is 0. The highest BCUT2D eigenvalue weighted by Crippen LogP contribution is 2.61. The maximum atomic E-state index is 12.9. The summed E-state index contributed by atoms with van der Waals surface area (Å²) in [6.07, 6.45) is -7.55. The standard InChI is InChI=1S/C20H32N3O19P3.C8H19N/c1-9(24)38-16-11(22-44(32,35-3)36-4)7-37-19(17(16)39-10(2)25)41-45(33,34)42-43(30,31)8-12-14(27)15(28)18(40-12)23-6-5-13(26)21-20(23)29;1-4-5-6-7-8-9(2)3/h5-6,11-12,14-19,27-28H,7-8H2,1-4H3,(H,22,32)(H,30,31)(H,33,34)(H,21,26,29);4-8H2,1-3H3/t11-,12+,14+,15+,16-,17+,18+,19+;/m0./s1. The molecule has 54 heavy (non-hydrogen) atoms. The molecule has 2 fully saturated rings. The fraction of sp³-hybridized carbons (Fsp3) is 0.786. The number of aliphatic hydroxyl groups excluding tert-OH is 2. The van der Waals surface area contributed by atoms with Crippen LogP contribution in [0.15, 0.2) is 21.9 Å². The van der Waals surface area contributed by atoms with Crippen molar-refractivity contribution in [3.05, 3.63) is 33.1 Å². The van der Waals surface area contributed by atoms with E-state index in [4.69, 9.17) is 32.5 Å². The van der Waals surface area contributed by atoms with E-state index in [0.717, 1.165) is 40.3 Å². The fourth-order valence-electron chi connectivity index (χ4n) is 5.18. The molecular weight excluding hydrogens is 789 g/mol. The first-order valence-electron chi connectivity index (χ1n) is 16.5. The van der Waals surface area contributed by atoms with Crippen molar-refractivity contribution in [2.24, 2.45) is 0 Å². The van der Waals surface area contributed by atoms with Gasteiger partial charge in [-0.05, 0) is 27.1 Å². The monoisotopic (exact) mass is 840 g/mol. The van der Waals surface area contributed by atoms with Crippen molar-refractivity contribution in [1.82, 2.24) is 19.5 Å². The van der Waals surface area contributed by atoms with Crippen LogP contribution in [0, 0.1) is 0 Å². The van der Waals surface area contributed by atoms with Gasteiger partial charge in [-0.3, -0.25) is 33.0 Å². The van der Waals surface area contributed by atoms with Crippen LogP contribution in [0.1, 0.15) is 52.7 Å². The number of aromatic nitrogens is 2. The molecule has 0 radical (unpaired) electrons. The molecule has 2 saturated heterocycles. The summed E-state index contributed by atoms with van der Waals surface area (Å²) in [4.78, 5) is 71.9. The number of hydrogen-bond acceptors (Lipinski definition) is 18. The number of nitrogens with zero attached hydrogens (tertiary/aromatic N) is 2. The number of aliphatic hydroxyl groups is 2. The Morgan fingerprint density at radius 3 is 2.15 bits per heavy atom. The molecule has 312 valence electrons. The molecule has 2 unspecified atom stereocenters. The molecule has 0 amide bonds. The lowest BCUT2D eigenvalue weighted by atomic mass is 10.0. The number of H-pyrrole nitrogens is 1. The average Bonchev–Trinajstić information content (AvgIpc) is 3.32. The summed E-state index contributed by atoms with van der Waals surface area (Å²) in [5.41, 5.74) is -1.82. The number of esters is 2. The number of aromatic amines is 1. The normalized spacial score (nSPS) is 28.0. The van der Waals surface area contributed by atoms with Crippen LogP contribution in [-0.2, 0) is 60.1 Å². The maximum absolute atomic E-state index is 12.9. The van der Waals surface area contributed by atoms with Gasteiger partial charge >= 0.3 is 40.8 Å². The molecule has 0 aliphatic carbocycles. The van der Waals surface area contributed by atoms with Crippen molar-refractivity contribution in [2.75, 3.05) is 47.6 Å². The van der Waals surface area contributed by atoms with E-state index < -0.39 is 108 Å². The molecule has 1 aromatic heterocycles. The first kappa shape index (κ1) is 48.0. The summed E-state index contributed by atoms with van der Waals surface area (Å²) in [7, 11) is -8.63. The van der Waals surface area contributed by atoms with Crippen molar-refractivity contribution in [3.63, 3.8) is 0 Å². The Kier molecular flexibility index (Phi) is 19.0. The average molecular weight is 841 g/mol. The SMILES string of the molecule is CCCCCCN(C)C.COP(=O)(N[C@H]1CO[C@H](OP(=O)(O)OP(=O)(O)C[C@H]2O[C@@H](n3ccc(=O)[nH]c3=O)[C@H](O)[C@@H]2O)[C@H](OC(C)=O)[C@H]1OC(C)=O)OC. The highest BCUT2D eigenvalue weighted by atomic mass is 31.3. The lowest BCUT2D eigenvalue weighted by Gasteiger charge is -2.41. The first-order chi connectivity index (χ1) is 25.1. The van der Waals surface area contributed by atoms with E-state index in [9.17, 15) is 52.9 Å². The van der Waals surface area contributed by atoms with Gasteiger partial charge in [-0.1, -0.05) is 26.2 Å². The zero-order valence-electron chi connectivity index (χ0n) is 30.9. The molecule has 6 N–H and O–H groups in total. The molecule has 26 heteroatoms. The van der Waals surface area contributed by atoms with Gasteiger partial charge in [0, 0.05) is 40.3 Å². The van der Waals surface area contributed by atoms with E-state index in [1.807, 2.05) is 4.98 Å². The van der Waals surface area contributed by atoms with Gasteiger partial charge in [0.1, 0.15) is 18.3 Å². The summed E-state index contributed by atoms with van der Waals surface area (Å²) < 4.78 is 78.8. The van der Waals surface area contributed by atoms with Crippen molar-refractivity contribution < 1.29 is 80.1 Å². The Bertz CT molecular complexity index is 1630. The molecule has 1 aromatic rings. The van der Waals surface area contributed by atoms with Crippen LogP contribution in [0.4, 0.5) is 0 Å². The second kappa shape index (κ2) is 21.4. The molecular formula is C28H51N4O19P3.